The molecule has 0 saturated carbocycles. The molecule has 2 atom stereocenters. The molecule has 2 aliphatic heterocycles. The lowest BCUT2D eigenvalue weighted by Crippen LogP contribution is -2.42. The Morgan fingerprint density at radius 3 is 2.80 bits per heavy atom. The number of morpholine rings is 1. The maximum Gasteiger partial charge on any atom is 0.170 e. The summed E-state index contributed by atoms with van der Waals surface area (Å²) in [7, 11) is 0. The SMILES string of the molecule is S=C1N[C@@H](c2ccccn2)[C@H](c2cccs2)N1CCN1CCOCC1. The molecule has 0 amide bonds. The van der Waals surface area contributed by atoms with E-state index in [4.69, 9.17) is 17.0 Å². The van der Waals surface area contributed by atoms with Crippen molar-refractivity contribution in [3.8, 4) is 0 Å². The first-order valence-corrected chi connectivity index (χ1v) is 9.93. The average Bonchev–Trinajstić information content (AvgIpc) is 3.29. The Morgan fingerprint density at radius 1 is 1.20 bits per heavy atom. The Bertz CT molecular complexity index is 688. The van der Waals surface area contributed by atoms with Crippen molar-refractivity contribution >= 4 is 28.7 Å². The molecule has 0 aliphatic carbocycles. The van der Waals surface area contributed by atoms with Gasteiger partial charge in [-0.25, -0.2) is 0 Å². The highest BCUT2D eigenvalue weighted by Crippen LogP contribution is 2.40. The molecule has 5 nitrogen and oxygen atoms in total. The minimum Gasteiger partial charge on any atom is -0.379 e. The Hall–Kier alpha value is -1.54. The monoisotopic (exact) mass is 374 g/mol. The molecule has 4 heterocycles. The van der Waals surface area contributed by atoms with Crippen LogP contribution in [0.5, 0.6) is 0 Å². The molecule has 132 valence electrons. The van der Waals surface area contributed by atoms with Crippen LogP contribution in [0.3, 0.4) is 0 Å². The van der Waals surface area contributed by atoms with Gasteiger partial charge in [0.2, 0.25) is 0 Å². The van der Waals surface area contributed by atoms with Crippen molar-refractivity contribution in [1.82, 2.24) is 20.1 Å². The summed E-state index contributed by atoms with van der Waals surface area (Å²) in [4.78, 5) is 10.7. The third-order valence-electron chi connectivity index (χ3n) is 4.79. The molecule has 7 heteroatoms. The van der Waals surface area contributed by atoms with Crippen LogP contribution in [0.1, 0.15) is 22.7 Å². The number of nitrogens with one attached hydrogen (secondary N) is 1. The van der Waals surface area contributed by atoms with Crippen molar-refractivity contribution < 1.29 is 4.74 Å². The molecule has 1 N–H and O–H groups in total. The first-order valence-electron chi connectivity index (χ1n) is 8.64. The second kappa shape index (κ2) is 7.78. The van der Waals surface area contributed by atoms with Crippen molar-refractivity contribution in [2.45, 2.75) is 12.1 Å². The third kappa shape index (κ3) is 3.69. The molecule has 0 unspecified atom stereocenters. The van der Waals surface area contributed by atoms with E-state index in [2.05, 4.69) is 43.7 Å². The van der Waals surface area contributed by atoms with Gasteiger partial charge in [-0.3, -0.25) is 9.88 Å². The smallest absolute Gasteiger partial charge is 0.170 e. The summed E-state index contributed by atoms with van der Waals surface area (Å²) in [5, 5.41) is 6.46. The number of thiocarbonyl (C=S) groups is 1. The van der Waals surface area contributed by atoms with Gasteiger partial charge in [0, 0.05) is 37.3 Å². The summed E-state index contributed by atoms with van der Waals surface area (Å²) in [5.74, 6) is 0. The second-order valence-corrected chi connectivity index (χ2v) is 7.66. The van der Waals surface area contributed by atoms with Crippen molar-refractivity contribution in [1.29, 1.82) is 0 Å². The highest BCUT2D eigenvalue weighted by Gasteiger charge is 2.40. The molecule has 25 heavy (non-hydrogen) atoms. The molecule has 4 rings (SSSR count). The number of rotatable bonds is 5. The minimum atomic E-state index is 0.0945. The van der Waals surface area contributed by atoms with Crippen LogP contribution >= 0.6 is 23.6 Å². The fraction of sp³-hybridized carbons (Fsp3) is 0.444. The van der Waals surface area contributed by atoms with Gasteiger partial charge in [0.25, 0.3) is 0 Å². The van der Waals surface area contributed by atoms with Gasteiger partial charge in [0.1, 0.15) is 0 Å². The molecular weight excluding hydrogens is 352 g/mol. The summed E-state index contributed by atoms with van der Waals surface area (Å²) in [6, 6.07) is 10.7. The van der Waals surface area contributed by atoms with Gasteiger partial charge in [-0.15, -0.1) is 11.3 Å². The molecule has 2 aromatic rings. The summed E-state index contributed by atoms with van der Waals surface area (Å²) >= 11 is 7.47. The van der Waals surface area contributed by atoms with Crippen LogP contribution < -0.4 is 5.32 Å². The Kier molecular flexibility index (Phi) is 5.26. The van der Waals surface area contributed by atoms with E-state index in [1.54, 1.807) is 11.3 Å². The Labute approximate surface area is 157 Å². The standard InChI is InChI=1S/C18H22N4OS2/c24-18-20-16(14-4-1-2-6-19-14)17(15-5-3-13-25-15)22(18)8-7-21-9-11-23-12-10-21/h1-6,13,16-17H,7-12H2,(H,20,24)/t16-,17-/m0/s1. The largest absolute Gasteiger partial charge is 0.379 e. The highest BCUT2D eigenvalue weighted by atomic mass is 32.1. The lowest BCUT2D eigenvalue weighted by molar-refractivity contribution is 0.0351. The first-order chi connectivity index (χ1) is 12.3. The molecule has 0 spiro atoms. The van der Waals surface area contributed by atoms with Crippen molar-refractivity contribution in [3.63, 3.8) is 0 Å². The molecule has 2 aliphatic rings. The van der Waals surface area contributed by atoms with Crippen LogP contribution in [-0.2, 0) is 4.74 Å². The predicted molar refractivity (Wildman–Crippen MR) is 104 cm³/mol. The van der Waals surface area contributed by atoms with Gasteiger partial charge >= 0.3 is 0 Å². The van der Waals surface area contributed by atoms with Gasteiger partial charge < -0.3 is 15.0 Å². The maximum atomic E-state index is 5.68. The molecular formula is C18H22N4OS2. The van der Waals surface area contributed by atoms with E-state index in [0.717, 1.165) is 50.2 Å². The molecule has 0 aromatic carbocycles. The zero-order chi connectivity index (χ0) is 17.1. The fourth-order valence-corrected chi connectivity index (χ4v) is 4.69. The molecule has 0 bridgehead atoms. The zero-order valence-electron chi connectivity index (χ0n) is 14.0. The number of pyridine rings is 1. The van der Waals surface area contributed by atoms with Crippen LogP contribution in [0.15, 0.2) is 41.9 Å². The summed E-state index contributed by atoms with van der Waals surface area (Å²) in [5.41, 5.74) is 1.04. The lowest BCUT2D eigenvalue weighted by atomic mass is 10.0. The van der Waals surface area contributed by atoms with E-state index in [1.807, 2.05) is 18.3 Å². The number of aromatic nitrogens is 1. The van der Waals surface area contributed by atoms with E-state index in [1.165, 1.54) is 4.88 Å². The number of hydrogen-bond donors (Lipinski definition) is 1. The van der Waals surface area contributed by atoms with Crippen LogP contribution in [0.2, 0.25) is 0 Å². The summed E-state index contributed by atoms with van der Waals surface area (Å²) < 4.78 is 5.45. The van der Waals surface area contributed by atoms with Crippen LogP contribution in [0.4, 0.5) is 0 Å². The molecule has 2 aromatic heterocycles. The quantitative estimate of drug-likeness (QED) is 0.811. The van der Waals surface area contributed by atoms with Gasteiger partial charge in [-0.05, 0) is 35.8 Å². The third-order valence-corrected chi connectivity index (χ3v) is 6.09. The fourth-order valence-electron chi connectivity index (χ4n) is 3.49. The van der Waals surface area contributed by atoms with Crippen molar-refractivity contribution in [2.24, 2.45) is 0 Å². The van der Waals surface area contributed by atoms with Gasteiger partial charge in [0.15, 0.2) is 5.11 Å². The average molecular weight is 375 g/mol. The van der Waals surface area contributed by atoms with Crippen molar-refractivity contribution in [2.75, 3.05) is 39.4 Å². The van der Waals surface area contributed by atoms with E-state index >= 15 is 0 Å². The van der Waals surface area contributed by atoms with Crippen molar-refractivity contribution in [3.05, 3.63) is 52.5 Å². The highest BCUT2D eigenvalue weighted by molar-refractivity contribution is 7.80. The number of nitrogens with zero attached hydrogens (tertiary/aromatic N) is 3. The normalized spacial score (nSPS) is 24.5. The van der Waals surface area contributed by atoms with E-state index < -0.39 is 0 Å². The Balaban J connectivity index is 1.55. The minimum absolute atomic E-state index is 0.0945. The zero-order valence-corrected chi connectivity index (χ0v) is 15.6. The predicted octanol–water partition coefficient (Wildman–Crippen LogP) is 2.45. The van der Waals surface area contributed by atoms with E-state index in [-0.39, 0.29) is 12.1 Å². The van der Waals surface area contributed by atoms with Gasteiger partial charge in [0.05, 0.1) is 31.0 Å². The molecule has 2 saturated heterocycles. The van der Waals surface area contributed by atoms with E-state index in [9.17, 15) is 0 Å². The maximum absolute atomic E-state index is 5.68. The Morgan fingerprint density at radius 2 is 2.08 bits per heavy atom. The number of ether oxygens (including phenoxy) is 1. The topological polar surface area (TPSA) is 40.6 Å². The molecule has 2 fully saturated rings. The van der Waals surface area contributed by atoms with Gasteiger partial charge in [-0.1, -0.05) is 12.1 Å². The number of thiophene rings is 1. The van der Waals surface area contributed by atoms with E-state index in [0.29, 0.717) is 0 Å². The van der Waals surface area contributed by atoms with Crippen LogP contribution in [0, 0.1) is 0 Å². The van der Waals surface area contributed by atoms with Crippen LogP contribution in [0.25, 0.3) is 0 Å². The summed E-state index contributed by atoms with van der Waals surface area (Å²) in [6.07, 6.45) is 1.85. The number of hydrogen-bond acceptors (Lipinski definition) is 5. The van der Waals surface area contributed by atoms with Crippen LogP contribution in [-0.4, -0.2) is 59.3 Å². The first kappa shape index (κ1) is 16.9. The lowest BCUT2D eigenvalue weighted by Gasteiger charge is -2.31. The van der Waals surface area contributed by atoms with Gasteiger partial charge in [-0.2, -0.15) is 0 Å². The second-order valence-electron chi connectivity index (χ2n) is 6.29. The summed E-state index contributed by atoms with van der Waals surface area (Å²) in [6.45, 7) is 5.57. The molecule has 0 radical (unpaired) electrons.